The van der Waals surface area contributed by atoms with Gasteiger partial charge in [-0.2, -0.15) is 0 Å². The Balaban J connectivity index is 2.22. The third-order valence-electron chi connectivity index (χ3n) is 2.89. The second-order valence-electron chi connectivity index (χ2n) is 4.99. The minimum atomic E-state index is 0.360. The van der Waals surface area contributed by atoms with Gasteiger partial charge >= 0.3 is 0 Å². The molecule has 2 aromatic rings. The zero-order valence-corrected chi connectivity index (χ0v) is 12.4. The van der Waals surface area contributed by atoms with Crippen LogP contribution in [-0.2, 0) is 6.54 Å². The monoisotopic (exact) mass is 270 g/mol. The van der Waals surface area contributed by atoms with Crippen molar-refractivity contribution in [3.8, 4) is 0 Å². The molecule has 0 aliphatic heterocycles. The number of pyridine rings is 1. The van der Waals surface area contributed by atoms with Crippen molar-refractivity contribution in [3.05, 3.63) is 42.1 Å². The van der Waals surface area contributed by atoms with Crippen LogP contribution in [-0.4, -0.2) is 23.5 Å². The maximum absolute atomic E-state index is 4.63. The molecule has 0 atom stereocenters. The predicted molar refractivity (Wildman–Crippen MR) is 84.8 cm³/mol. The van der Waals surface area contributed by atoms with Crippen LogP contribution in [0.4, 0.5) is 0 Å². The zero-order valence-electron chi connectivity index (χ0n) is 12.4. The number of aliphatic imine (C=N–C) groups is 1. The molecule has 20 heavy (non-hydrogen) atoms. The van der Waals surface area contributed by atoms with Crippen LogP contribution in [0.5, 0.6) is 0 Å². The van der Waals surface area contributed by atoms with Crippen molar-refractivity contribution in [3.63, 3.8) is 0 Å². The lowest BCUT2D eigenvalue weighted by atomic mass is 10.1. The zero-order chi connectivity index (χ0) is 14.4. The molecular weight excluding hydrogens is 248 g/mol. The van der Waals surface area contributed by atoms with Gasteiger partial charge in [-0.05, 0) is 32.4 Å². The van der Waals surface area contributed by atoms with E-state index in [1.165, 1.54) is 0 Å². The fourth-order valence-electron chi connectivity index (χ4n) is 2.05. The molecule has 1 aromatic carbocycles. The van der Waals surface area contributed by atoms with E-state index in [9.17, 15) is 0 Å². The van der Waals surface area contributed by atoms with Gasteiger partial charge in [0.1, 0.15) is 0 Å². The Morgan fingerprint density at radius 2 is 2.05 bits per heavy atom. The Hall–Kier alpha value is -2.10. The lowest BCUT2D eigenvalue weighted by molar-refractivity contribution is 0.701. The molecule has 0 spiro atoms. The molecule has 1 heterocycles. The van der Waals surface area contributed by atoms with Gasteiger partial charge in [0.05, 0.1) is 12.1 Å². The van der Waals surface area contributed by atoms with Gasteiger partial charge in [-0.1, -0.05) is 24.3 Å². The first-order chi connectivity index (χ1) is 9.70. The van der Waals surface area contributed by atoms with Crippen LogP contribution < -0.4 is 10.6 Å². The quantitative estimate of drug-likeness (QED) is 0.663. The van der Waals surface area contributed by atoms with Crippen molar-refractivity contribution >= 4 is 16.9 Å². The topological polar surface area (TPSA) is 49.3 Å². The largest absolute Gasteiger partial charge is 0.357 e. The van der Waals surface area contributed by atoms with Crippen molar-refractivity contribution in [2.45, 2.75) is 33.4 Å². The van der Waals surface area contributed by atoms with E-state index in [2.05, 4.69) is 65.6 Å². The van der Waals surface area contributed by atoms with Crippen molar-refractivity contribution in [2.24, 2.45) is 4.99 Å². The minimum absolute atomic E-state index is 0.360. The Bertz CT molecular complexity index is 585. The van der Waals surface area contributed by atoms with Crippen LogP contribution in [0.1, 0.15) is 26.3 Å². The van der Waals surface area contributed by atoms with Crippen LogP contribution in [0.2, 0.25) is 0 Å². The predicted octanol–water partition coefficient (Wildman–Crippen LogP) is 2.70. The molecule has 0 amide bonds. The lowest BCUT2D eigenvalue weighted by Gasteiger charge is -2.14. The number of hydrogen-bond acceptors (Lipinski definition) is 2. The second kappa shape index (κ2) is 6.89. The number of hydrogen-bond donors (Lipinski definition) is 2. The number of nitrogens with one attached hydrogen (secondary N) is 2. The maximum Gasteiger partial charge on any atom is 0.191 e. The molecule has 4 nitrogen and oxygen atoms in total. The van der Waals surface area contributed by atoms with Gasteiger partial charge in [0.2, 0.25) is 0 Å². The molecule has 106 valence electrons. The van der Waals surface area contributed by atoms with Gasteiger partial charge < -0.3 is 10.6 Å². The number of aromatic nitrogens is 1. The molecule has 0 bridgehead atoms. The molecule has 0 unspecified atom stereocenters. The number of rotatable bonds is 4. The molecular formula is C16H22N4. The van der Waals surface area contributed by atoms with Crippen molar-refractivity contribution in [1.29, 1.82) is 0 Å². The molecule has 0 aliphatic carbocycles. The molecule has 0 aliphatic rings. The summed E-state index contributed by atoms with van der Waals surface area (Å²) in [5, 5.41) is 7.72. The fourth-order valence-corrected chi connectivity index (χ4v) is 2.05. The second-order valence-corrected chi connectivity index (χ2v) is 4.99. The SMILES string of the molecule is CCNC(=NCc1cccc2cccnc12)NC(C)C. The molecule has 0 fully saturated rings. The van der Waals surface area contributed by atoms with E-state index in [1.54, 1.807) is 0 Å². The Labute approximate surface area is 120 Å². The minimum Gasteiger partial charge on any atom is -0.357 e. The Kier molecular flexibility index (Phi) is 4.93. The van der Waals surface area contributed by atoms with E-state index >= 15 is 0 Å². The third kappa shape index (κ3) is 3.70. The van der Waals surface area contributed by atoms with Crippen molar-refractivity contribution in [1.82, 2.24) is 15.6 Å². The van der Waals surface area contributed by atoms with Gasteiger partial charge in [0.25, 0.3) is 0 Å². The van der Waals surface area contributed by atoms with Crippen LogP contribution in [0.25, 0.3) is 10.9 Å². The van der Waals surface area contributed by atoms with Gasteiger partial charge in [0, 0.05) is 24.2 Å². The molecule has 0 saturated heterocycles. The summed E-state index contributed by atoms with van der Waals surface area (Å²) in [7, 11) is 0. The highest BCUT2D eigenvalue weighted by molar-refractivity contribution is 5.83. The highest BCUT2D eigenvalue weighted by Crippen LogP contribution is 2.16. The van der Waals surface area contributed by atoms with Crippen LogP contribution in [0, 0.1) is 0 Å². The van der Waals surface area contributed by atoms with Crippen molar-refractivity contribution < 1.29 is 0 Å². The molecule has 2 N–H and O–H groups in total. The molecule has 4 heteroatoms. The summed E-state index contributed by atoms with van der Waals surface area (Å²) in [6.07, 6.45) is 1.83. The number of guanidine groups is 1. The highest BCUT2D eigenvalue weighted by atomic mass is 15.2. The van der Waals surface area contributed by atoms with Gasteiger partial charge in [-0.25, -0.2) is 4.99 Å². The summed E-state index contributed by atoms with van der Waals surface area (Å²) in [5.74, 6) is 0.843. The van der Waals surface area contributed by atoms with Gasteiger partial charge in [-0.3, -0.25) is 4.98 Å². The average molecular weight is 270 g/mol. The normalized spacial score (nSPS) is 11.9. The van der Waals surface area contributed by atoms with Crippen molar-refractivity contribution in [2.75, 3.05) is 6.54 Å². The molecule has 2 rings (SSSR count). The van der Waals surface area contributed by atoms with E-state index in [0.717, 1.165) is 29.0 Å². The van der Waals surface area contributed by atoms with E-state index < -0.39 is 0 Å². The summed E-state index contributed by atoms with van der Waals surface area (Å²) < 4.78 is 0. The highest BCUT2D eigenvalue weighted by Gasteiger charge is 2.03. The smallest absolute Gasteiger partial charge is 0.191 e. The number of benzene rings is 1. The lowest BCUT2D eigenvalue weighted by Crippen LogP contribution is -2.41. The standard InChI is InChI=1S/C16H22N4/c1-4-17-16(20-12(2)3)19-11-14-8-5-7-13-9-6-10-18-15(13)14/h5-10,12H,4,11H2,1-3H3,(H2,17,19,20). The molecule has 1 aromatic heterocycles. The van der Waals surface area contributed by atoms with E-state index in [-0.39, 0.29) is 0 Å². The van der Waals surface area contributed by atoms with E-state index in [1.807, 2.05) is 12.3 Å². The number of fused-ring (bicyclic) bond motifs is 1. The summed E-state index contributed by atoms with van der Waals surface area (Å²) >= 11 is 0. The first-order valence-corrected chi connectivity index (χ1v) is 7.08. The van der Waals surface area contributed by atoms with E-state index in [4.69, 9.17) is 0 Å². The summed E-state index contributed by atoms with van der Waals surface area (Å²) in [4.78, 5) is 9.08. The first-order valence-electron chi connectivity index (χ1n) is 7.08. The molecule has 0 saturated carbocycles. The third-order valence-corrected chi connectivity index (χ3v) is 2.89. The Morgan fingerprint density at radius 3 is 2.80 bits per heavy atom. The Morgan fingerprint density at radius 1 is 1.25 bits per heavy atom. The van der Waals surface area contributed by atoms with Crippen LogP contribution in [0.3, 0.4) is 0 Å². The molecule has 0 radical (unpaired) electrons. The van der Waals surface area contributed by atoms with Crippen LogP contribution >= 0.6 is 0 Å². The number of nitrogens with zero attached hydrogens (tertiary/aromatic N) is 2. The van der Waals surface area contributed by atoms with Gasteiger partial charge in [-0.15, -0.1) is 0 Å². The summed E-state index contributed by atoms with van der Waals surface area (Å²) in [5.41, 5.74) is 2.17. The summed E-state index contributed by atoms with van der Waals surface area (Å²) in [6.45, 7) is 7.75. The van der Waals surface area contributed by atoms with Crippen LogP contribution in [0.15, 0.2) is 41.5 Å². The summed E-state index contributed by atoms with van der Waals surface area (Å²) in [6, 6.07) is 10.6. The first kappa shape index (κ1) is 14.3. The maximum atomic E-state index is 4.63. The van der Waals surface area contributed by atoms with E-state index in [0.29, 0.717) is 12.6 Å². The van der Waals surface area contributed by atoms with Gasteiger partial charge in [0.15, 0.2) is 5.96 Å². The average Bonchev–Trinajstić information content (AvgIpc) is 2.44. The number of para-hydroxylation sites is 1. The fraction of sp³-hybridized carbons (Fsp3) is 0.375.